The molecular formula is C23H28N4O3S. The van der Waals surface area contributed by atoms with Gasteiger partial charge in [-0.15, -0.1) is 0 Å². The average molecular weight is 441 g/mol. The lowest BCUT2D eigenvalue weighted by molar-refractivity contribution is -0.117. The summed E-state index contributed by atoms with van der Waals surface area (Å²) >= 11 is 0. The number of H-pyrrole nitrogens is 1. The lowest BCUT2D eigenvalue weighted by Crippen LogP contribution is -2.40. The number of primary amides is 1. The first kappa shape index (κ1) is 21.5. The van der Waals surface area contributed by atoms with E-state index in [1.54, 1.807) is 4.31 Å². The van der Waals surface area contributed by atoms with Gasteiger partial charge in [0.1, 0.15) is 0 Å². The summed E-state index contributed by atoms with van der Waals surface area (Å²) < 4.78 is 26.2. The first-order chi connectivity index (χ1) is 14.9. The van der Waals surface area contributed by atoms with Gasteiger partial charge >= 0.3 is 0 Å². The number of carbonyl (C=O) groups excluding carboxylic acids is 1. The van der Waals surface area contributed by atoms with Gasteiger partial charge in [0.15, 0.2) is 0 Å². The fourth-order valence-corrected chi connectivity index (χ4v) is 5.84. The fourth-order valence-electron chi connectivity index (χ4n) is 4.51. The highest BCUT2D eigenvalue weighted by Gasteiger charge is 2.29. The van der Waals surface area contributed by atoms with E-state index >= 15 is 0 Å². The number of rotatable bonds is 7. The van der Waals surface area contributed by atoms with Crippen LogP contribution in [-0.4, -0.2) is 49.0 Å². The molecule has 1 aliphatic rings. The normalized spacial score (nSPS) is 16.0. The largest absolute Gasteiger partial charge is 0.369 e. The third-order valence-electron chi connectivity index (χ3n) is 6.04. The van der Waals surface area contributed by atoms with Gasteiger partial charge in [0.2, 0.25) is 15.9 Å². The van der Waals surface area contributed by atoms with Gasteiger partial charge in [0.05, 0.1) is 12.2 Å². The Labute approximate surface area is 182 Å². The van der Waals surface area contributed by atoms with E-state index in [2.05, 4.69) is 11.1 Å². The highest BCUT2D eigenvalue weighted by atomic mass is 32.2. The molecule has 0 unspecified atom stereocenters. The molecule has 4 rings (SSSR count). The molecule has 0 radical (unpaired) electrons. The second-order valence-corrected chi connectivity index (χ2v) is 10.2. The predicted molar refractivity (Wildman–Crippen MR) is 123 cm³/mol. The zero-order valence-electron chi connectivity index (χ0n) is 17.4. The van der Waals surface area contributed by atoms with Gasteiger partial charge in [-0.1, -0.05) is 30.3 Å². The second kappa shape index (κ2) is 8.82. The molecule has 1 saturated heterocycles. The van der Waals surface area contributed by atoms with Crippen molar-refractivity contribution >= 4 is 26.8 Å². The van der Waals surface area contributed by atoms with Crippen LogP contribution >= 0.6 is 0 Å². The van der Waals surface area contributed by atoms with Crippen LogP contribution < -0.4 is 11.5 Å². The topological polar surface area (TPSA) is 122 Å². The monoisotopic (exact) mass is 440 g/mol. The Hall–Kier alpha value is -2.68. The molecule has 3 aromatic rings. The minimum absolute atomic E-state index is 0.0122. The Morgan fingerprint density at radius 1 is 1.10 bits per heavy atom. The summed E-state index contributed by atoms with van der Waals surface area (Å²) in [5, 5.41) is 1.07. The summed E-state index contributed by atoms with van der Waals surface area (Å²) in [4.78, 5) is 15.0. The Kier molecular flexibility index (Phi) is 6.13. The summed E-state index contributed by atoms with van der Waals surface area (Å²) in [5.41, 5.74) is 16.0. The molecule has 164 valence electrons. The third-order valence-corrected chi connectivity index (χ3v) is 7.94. The molecular weight excluding hydrogens is 412 g/mol. The predicted octanol–water partition coefficient (Wildman–Crippen LogP) is 2.33. The highest BCUT2D eigenvalue weighted by Crippen LogP contribution is 2.37. The number of hydrogen-bond donors (Lipinski definition) is 3. The van der Waals surface area contributed by atoms with Crippen LogP contribution in [0.25, 0.3) is 22.0 Å². The maximum absolute atomic E-state index is 12.3. The lowest BCUT2D eigenvalue weighted by Gasteiger charge is -2.31. The Bertz CT molecular complexity index is 1180. The lowest BCUT2D eigenvalue weighted by atomic mass is 9.88. The molecule has 31 heavy (non-hydrogen) atoms. The summed E-state index contributed by atoms with van der Waals surface area (Å²) in [6.45, 7) is 1.12. The van der Waals surface area contributed by atoms with E-state index < -0.39 is 10.0 Å². The number of piperidine rings is 1. The highest BCUT2D eigenvalue weighted by molar-refractivity contribution is 7.89. The smallest absolute Gasteiger partial charge is 0.221 e. The number of carbonyl (C=O) groups is 1. The second-order valence-electron chi connectivity index (χ2n) is 8.09. The van der Waals surface area contributed by atoms with Crippen molar-refractivity contribution in [3.63, 3.8) is 0 Å². The Morgan fingerprint density at radius 2 is 1.81 bits per heavy atom. The van der Waals surface area contributed by atoms with Gasteiger partial charge in [-0.2, -0.15) is 0 Å². The van der Waals surface area contributed by atoms with Gasteiger partial charge in [-0.25, -0.2) is 12.7 Å². The number of fused-ring (bicyclic) bond motifs is 1. The van der Waals surface area contributed by atoms with Gasteiger partial charge in [-0.05, 0) is 53.1 Å². The quantitative estimate of drug-likeness (QED) is 0.522. The third kappa shape index (κ3) is 4.51. The molecule has 0 spiro atoms. The number of hydrogen-bond acceptors (Lipinski definition) is 4. The summed E-state index contributed by atoms with van der Waals surface area (Å²) in [6.07, 6.45) is 3.65. The van der Waals surface area contributed by atoms with Crippen molar-refractivity contribution in [3.05, 3.63) is 59.8 Å². The molecule has 1 aliphatic heterocycles. The van der Waals surface area contributed by atoms with Crippen molar-refractivity contribution in [1.82, 2.24) is 9.29 Å². The van der Waals surface area contributed by atoms with E-state index in [-0.39, 0.29) is 30.5 Å². The molecule has 0 bridgehead atoms. The molecule has 0 saturated carbocycles. The first-order valence-electron chi connectivity index (χ1n) is 10.5. The van der Waals surface area contributed by atoms with Gasteiger partial charge < -0.3 is 16.5 Å². The van der Waals surface area contributed by atoms with Crippen LogP contribution in [0, 0.1) is 0 Å². The number of benzene rings is 2. The van der Waals surface area contributed by atoms with Crippen LogP contribution in [0.15, 0.2) is 48.7 Å². The van der Waals surface area contributed by atoms with E-state index in [4.69, 9.17) is 11.5 Å². The summed E-state index contributed by atoms with van der Waals surface area (Å²) in [6, 6.07) is 14.2. The molecule has 7 nitrogen and oxygen atoms in total. The van der Waals surface area contributed by atoms with E-state index in [1.165, 1.54) is 0 Å². The zero-order chi connectivity index (χ0) is 22.0. The van der Waals surface area contributed by atoms with Crippen LogP contribution in [0.5, 0.6) is 0 Å². The molecule has 2 heterocycles. The molecule has 1 aromatic heterocycles. The van der Waals surface area contributed by atoms with E-state index in [9.17, 15) is 13.2 Å². The Balaban J connectivity index is 1.69. The molecule has 1 fully saturated rings. The van der Waals surface area contributed by atoms with Crippen molar-refractivity contribution in [2.45, 2.75) is 25.2 Å². The van der Waals surface area contributed by atoms with E-state index in [0.717, 1.165) is 46.0 Å². The van der Waals surface area contributed by atoms with Crippen LogP contribution in [0.1, 0.15) is 29.9 Å². The van der Waals surface area contributed by atoms with Crippen LogP contribution in [0.2, 0.25) is 0 Å². The summed E-state index contributed by atoms with van der Waals surface area (Å²) in [7, 11) is -3.28. The van der Waals surface area contributed by atoms with E-state index in [1.807, 2.05) is 42.6 Å². The standard InChI is InChI=1S/C23H28N4O3S/c24-8-11-31(29,30)27-9-6-17(7-10-27)21-15-26-23-19(14-22(25)28)12-18(13-20(21)23)16-4-2-1-3-5-16/h1-5,12-13,15,17,26H,6-11,14,24H2,(H2,25,28). The number of nitrogens with one attached hydrogen (secondary N) is 1. The average Bonchev–Trinajstić information content (AvgIpc) is 3.18. The molecule has 2 aromatic carbocycles. The first-order valence-corrected chi connectivity index (χ1v) is 12.2. The van der Waals surface area contributed by atoms with Crippen molar-refractivity contribution in [2.75, 3.05) is 25.4 Å². The number of aromatic nitrogens is 1. The molecule has 1 amide bonds. The SMILES string of the molecule is NCCS(=O)(=O)N1CCC(c2c[nH]c3c(CC(N)=O)cc(-c4ccccc4)cc23)CC1. The number of amides is 1. The van der Waals surface area contributed by atoms with Crippen LogP contribution in [-0.2, 0) is 21.2 Å². The maximum Gasteiger partial charge on any atom is 0.221 e. The fraction of sp³-hybridized carbons (Fsp3) is 0.348. The number of nitrogens with two attached hydrogens (primary N) is 2. The minimum Gasteiger partial charge on any atom is -0.369 e. The molecule has 0 atom stereocenters. The number of sulfonamides is 1. The zero-order valence-corrected chi connectivity index (χ0v) is 18.2. The van der Waals surface area contributed by atoms with Crippen LogP contribution in [0.4, 0.5) is 0 Å². The van der Waals surface area contributed by atoms with Crippen molar-refractivity contribution in [2.24, 2.45) is 11.5 Å². The van der Waals surface area contributed by atoms with Crippen molar-refractivity contribution < 1.29 is 13.2 Å². The minimum atomic E-state index is -3.28. The molecule has 5 N–H and O–H groups in total. The number of nitrogens with zero attached hydrogens (tertiary/aromatic N) is 1. The van der Waals surface area contributed by atoms with Crippen molar-refractivity contribution in [3.8, 4) is 11.1 Å². The Morgan fingerprint density at radius 3 is 2.45 bits per heavy atom. The van der Waals surface area contributed by atoms with Crippen LogP contribution in [0.3, 0.4) is 0 Å². The van der Waals surface area contributed by atoms with E-state index in [0.29, 0.717) is 13.1 Å². The molecule has 0 aliphatic carbocycles. The van der Waals surface area contributed by atoms with Gasteiger partial charge in [0.25, 0.3) is 0 Å². The summed E-state index contributed by atoms with van der Waals surface area (Å²) in [5.74, 6) is -0.145. The van der Waals surface area contributed by atoms with Gasteiger partial charge in [0, 0.05) is 36.7 Å². The van der Waals surface area contributed by atoms with Crippen molar-refractivity contribution in [1.29, 1.82) is 0 Å². The maximum atomic E-state index is 12.3. The molecule has 8 heteroatoms. The van der Waals surface area contributed by atoms with Gasteiger partial charge in [-0.3, -0.25) is 4.79 Å². The number of aromatic amines is 1.